The smallest absolute Gasteiger partial charge is 0.387 e. The quantitative estimate of drug-likeness (QED) is 0.595. The first-order chi connectivity index (χ1) is 13.1. The summed E-state index contributed by atoms with van der Waals surface area (Å²) in [5.74, 6) is 0.813. The zero-order valence-corrected chi connectivity index (χ0v) is 14.5. The van der Waals surface area contributed by atoms with Crippen molar-refractivity contribution in [1.82, 2.24) is 10.6 Å². The van der Waals surface area contributed by atoms with Gasteiger partial charge >= 0.3 is 6.61 Å². The van der Waals surface area contributed by atoms with Gasteiger partial charge in [0.25, 0.3) is 0 Å². The van der Waals surface area contributed by atoms with E-state index < -0.39 is 6.61 Å². The fourth-order valence-corrected chi connectivity index (χ4v) is 2.53. The average Bonchev–Trinajstić information content (AvgIpc) is 3.09. The number of guanidine groups is 1. The van der Waals surface area contributed by atoms with Crippen LogP contribution in [0.1, 0.15) is 11.1 Å². The summed E-state index contributed by atoms with van der Waals surface area (Å²) in [5, 5.41) is 5.94. The van der Waals surface area contributed by atoms with E-state index in [0.717, 1.165) is 0 Å². The predicted octanol–water partition coefficient (Wildman–Crippen LogP) is 3.02. The molecule has 144 valence electrons. The molecule has 3 rings (SSSR count). The molecule has 0 atom stereocenters. The number of aliphatic imine (C=N–C) groups is 1. The maximum absolute atomic E-state index is 13.7. The van der Waals surface area contributed by atoms with E-state index in [0.29, 0.717) is 28.6 Å². The van der Waals surface area contributed by atoms with E-state index in [4.69, 9.17) is 9.47 Å². The first-order valence-electron chi connectivity index (χ1n) is 8.12. The summed E-state index contributed by atoms with van der Waals surface area (Å²) in [5.41, 5.74) is 0.915. The first-order valence-corrected chi connectivity index (χ1v) is 8.12. The van der Waals surface area contributed by atoms with E-state index in [-0.39, 0.29) is 31.4 Å². The number of rotatable bonds is 6. The second-order valence-corrected chi connectivity index (χ2v) is 5.56. The molecule has 0 saturated heterocycles. The van der Waals surface area contributed by atoms with Crippen LogP contribution in [0.25, 0.3) is 0 Å². The second-order valence-electron chi connectivity index (χ2n) is 5.56. The monoisotopic (exact) mass is 381 g/mol. The van der Waals surface area contributed by atoms with Crippen molar-refractivity contribution in [3.05, 3.63) is 53.3 Å². The molecule has 2 aromatic rings. The number of nitrogens with one attached hydrogen (secondary N) is 2. The van der Waals surface area contributed by atoms with Crippen LogP contribution in [0.5, 0.6) is 17.2 Å². The van der Waals surface area contributed by atoms with Crippen molar-refractivity contribution < 1.29 is 27.4 Å². The Morgan fingerprint density at radius 2 is 1.78 bits per heavy atom. The largest absolute Gasteiger partial charge is 0.454 e. The minimum atomic E-state index is -2.97. The van der Waals surface area contributed by atoms with Crippen LogP contribution in [0.15, 0.2) is 41.4 Å². The summed E-state index contributed by atoms with van der Waals surface area (Å²) in [6.07, 6.45) is 0. The van der Waals surface area contributed by atoms with Crippen molar-refractivity contribution in [2.24, 2.45) is 4.99 Å². The molecule has 27 heavy (non-hydrogen) atoms. The van der Waals surface area contributed by atoms with Gasteiger partial charge in [0.15, 0.2) is 17.5 Å². The Hall–Kier alpha value is -3.10. The van der Waals surface area contributed by atoms with Crippen molar-refractivity contribution in [2.75, 3.05) is 13.8 Å². The number of nitrogens with zero attached hydrogens (tertiary/aromatic N) is 1. The molecule has 0 fully saturated rings. The van der Waals surface area contributed by atoms with E-state index >= 15 is 0 Å². The molecule has 0 radical (unpaired) electrons. The lowest BCUT2D eigenvalue weighted by Gasteiger charge is -2.15. The Labute approximate surface area is 154 Å². The Bertz CT molecular complexity index is 831. The standard InChI is InChI=1S/C18H18F3N3O3/c1-22-18(23-8-11-4-2-3-5-13(11)19)24-9-12-6-15-16(26-10-25-15)7-14(12)27-17(20)21/h2-7,17H,8-10H2,1H3,(H2,22,23,24). The fourth-order valence-electron chi connectivity index (χ4n) is 2.53. The van der Waals surface area contributed by atoms with E-state index in [2.05, 4.69) is 20.4 Å². The predicted molar refractivity (Wildman–Crippen MR) is 92.6 cm³/mol. The molecule has 0 saturated carbocycles. The summed E-state index contributed by atoms with van der Waals surface area (Å²) < 4.78 is 54.1. The van der Waals surface area contributed by atoms with Gasteiger partial charge in [-0.1, -0.05) is 18.2 Å². The fraction of sp³-hybridized carbons (Fsp3) is 0.278. The molecule has 0 aliphatic carbocycles. The van der Waals surface area contributed by atoms with Crippen LogP contribution in [-0.2, 0) is 13.1 Å². The number of ether oxygens (including phenoxy) is 3. The molecule has 6 nitrogen and oxygen atoms in total. The third kappa shape index (κ3) is 4.75. The topological polar surface area (TPSA) is 64.1 Å². The SMILES string of the molecule is CN=C(NCc1ccccc1F)NCc1cc2c(cc1OC(F)F)OCO2. The average molecular weight is 381 g/mol. The van der Waals surface area contributed by atoms with Crippen LogP contribution >= 0.6 is 0 Å². The van der Waals surface area contributed by atoms with E-state index in [1.54, 1.807) is 31.3 Å². The molecule has 0 unspecified atom stereocenters. The van der Waals surface area contributed by atoms with E-state index in [1.165, 1.54) is 12.1 Å². The van der Waals surface area contributed by atoms with Crippen molar-refractivity contribution in [3.8, 4) is 17.2 Å². The van der Waals surface area contributed by atoms with Gasteiger partial charge in [-0.2, -0.15) is 8.78 Å². The molecule has 2 N–H and O–H groups in total. The van der Waals surface area contributed by atoms with Crippen molar-refractivity contribution in [1.29, 1.82) is 0 Å². The van der Waals surface area contributed by atoms with Gasteiger partial charge in [-0.15, -0.1) is 0 Å². The Morgan fingerprint density at radius 1 is 1.11 bits per heavy atom. The number of hydrogen-bond acceptors (Lipinski definition) is 4. The van der Waals surface area contributed by atoms with Gasteiger partial charge < -0.3 is 24.8 Å². The summed E-state index contributed by atoms with van der Waals surface area (Å²) in [6, 6.07) is 9.29. The number of alkyl halides is 2. The zero-order chi connectivity index (χ0) is 19.2. The molecule has 0 amide bonds. The number of benzene rings is 2. The Balaban J connectivity index is 1.66. The van der Waals surface area contributed by atoms with Crippen LogP contribution in [0, 0.1) is 5.82 Å². The molecule has 1 aliphatic heterocycles. The third-order valence-electron chi connectivity index (χ3n) is 3.85. The van der Waals surface area contributed by atoms with Gasteiger partial charge in [0.1, 0.15) is 11.6 Å². The number of hydrogen-bond donors (Lipinski definition) is 2. The highest BCUT2D eigenvalue weighted by Crippen LogP contribution is 2.38. The van der Waals surface area contributed by atoms with Crippen molar-refractivity contribution in [2.45, 2.75) is 19.7 Å². The lowest BCUT2D eigenvalue weighted by Crippen LogP contribution is -2.36. The Kier molecular flexibility index (Phi) is 5.90. The van der Waals surface area contributed by atoms with Gasteiger partial charge in [-0.25, -0.2) is 4.39 Å². The van der Waals surface area contributed by atoms with Crippen LogP contribution in [0.2, 0.25) is 0 Å². The van der Waals surface area contributed by atoms with Crippen LogP contribution in [0.3, 0.4) is 0 Å². The van der Waals surface area contributed by atoms with Gasteiger partial charge in [0.2, 0.25) is 6.79 Å². The minimum absolute atomic E-state index is 0.0200. The zero-order valence-electron chi connectivity index (χ0n) is 14.5. The van der Waals surface area contributed by atoms with Gasteiger partial charge in [0, 0.05) is 37.3 Å². The van der Waals surface area contributed by atoms with Crippen LogP contribution < -0.4 is 24.8 Å². The summed E-state index contributed by atoms with van der Waals surface area (Å²) in [6.45, 7) is -2.60. The van der Waals surface area contributed by atoms with Crippen molar-refractivity contribution in [3.63, 3.8) is 0 Å². The van der Waals surface area contributed by atoms with Gasteiger partial charge in [0.05, 0.1) is 0 Å². The van der Waals surface area contributed by atoms with Crippen LogP contribution in [0.4, 0.5) is 13.2 Å². The molecule has 0 spiro atoms. The van der Waals surface area contributed by atoms with Crippen molar-refractivity contribution >= 4 is 5.96 Å². The molecule has 2 aromatic carbocycles. The highest BCUT2D eigenvalue weighted by Gasteiger charge is 2.20. The highest BCUT2D eigenvalue weighted by atomic mass is 19.3. The molecule has 0 aromatic heterocycles. The molecule has 0 bridgehead atoms. The number of fused-ring (bicyclic) bond motifs is 1. The molecular weight excluding hydrogens is 363 g/mol. The second kappa shape index (κ2) is 8.52. The molecule has 9 heteroatoms. The molecular formula is C18H18F3N3O3. The van der Waals surface area contributed by atoms with Gasteiger partial charge in [-0.3, -0.25) is 4.99 Å². The van der Waals surface area contributed by atoms with Crippen LogP contribution in [-0.4, -0.2) is 26.4 Å². The van der Waals surface area contributed by atoms with Gasteiger partial charge in [-0.05, 0) is 12.1 Å². The van der Waals surface area contributed by atoms with E-state index in [1.807, 2.05) is 0 Å². The minimum Gasteiger partial charge on any atom is -0.454 e. The Morgan fingerprint density at radius 3 is 2.44 bits per heavy atom. The number of halogens is 3. The maximum atomic E-state index is 13.7. The maximum Gasteiger partial charge on any atom is 0.387 e. The molecule has 1 aliphatic rings. The lowest BCUT2D eigenvalue weighted by molar-refractivity contribution is -0.0505. The normalized spacial score (nSPS) is 13.0. The first kappa shape index (κ1) is 18.7. The molecule has 1 heterocycles. The van der Waals surface area contributed by atoms with E-state index in [9.17, 15) is 13.2 Å². The summed E-state index contributed by atoms with van der Waals surface area (Å²) in [4.78, 5) is 4.04. The summed E-state index contributed by atoms with van der Waals surface area (Å²) in [7, 11) is 1.55. The lowest BCUT2D eigenvalue weighted by atomic mass is 10.1. The summed E-state index contributed by atoms with van der Waals surface area (Å²) >= 11 is 0. The third-order valence-corrected chi connectivity index (χ3v) is 3.85. The highest BCUT2D eigenvalue weighted by molar-refractivity contribution is 5.79.